The van der Waals surface area contributed by atoms with Gasteiger partial charge in [-0.25, -0.2) is 0 Å². The monoisotopic (exact) mass is 674 g/mol. The number of carbonyl (C=O) groups is 4. The van der Waals surface area contributed by atoms with Gasteiger partial charge >= 0.3 is 0 Å². The molecule has 0 saturated heterocycles. The van der Waals surface area contributed by atoms with Crippen molar-refractivity contribution in [3.63, 3.8) is 0 Å². The molecular weight excluding hydrogens is 628 g/mol. The van der Waals surface area contributed by atoms with Crippen LogP contribution in [0.25, 0.3) is 21.8 Å². The van der Waals surface area contributed by atoms with E-state index in [1.807, 2.05) is 41.7 Å². The number of nitrogens with zero attached hydrogens (tertiary/aromatic N) is 1. The average Bonchev–Trinajstić information content (AvgIpc) is 3.40. The number of benzene rings is 2. The predicted molar refractivity (Wildman–Crippen MR) is 176 cm³/mol. The summed E-state index contributed by atoms with van der Waals surface area (Å²) < 4.78 is 2.17. The van der Waals surface area contributed by atoms with Crippen molar-refractivity contribution in [2.75, 3.05) is 25.0 Å². The van der Waals surface area contributed by atoms with E-state index in [-0.39, 0.29) is 6.42 Å². The van der Waals surface area contributed by atoms with Crippen LogP contribution in [0.2, 0.25) is 0 Å². The standard InChI is InChI=1S/C32H46N6O10/c1-3-38-22-10-5-4-8-19(22)20-14-18(11-12-23(20)38)35-30(46)21(9-6-7-13-33)36-25(42)15-34-31(47)26(17(2)40)37-32(48)29(45)28(44)27(43)24(41)16-39/h4-5,8,10-12,14,17,21,24,26-29,39-41,43-45H,3,6-7,9,13,15-16,33H2,1-2H3,(H,34,47)(H,35,46)(H,36,42)(H,37,48)/t17-,21+,24-,26+,27-,28+,29-/m1/s1. The molecule has 1 aromatic heterocycles. The molecule has 3 aromatic rings. The Balaban J connectivity index is 1.65. The third kappa shape index (κ3) is 9.47. The van der Waals surface area contributed by atoms with Gasteiger partial charge in [-0.1, -0.05) is 18.2 Å². The topological polar surface area (TPSA) is 269 Å². The van der Waals surface area contributed by atoms with Gasteiger partial charge in [0.15, 0.2) is 6.10 Å². The van der Waals surface area contributed by atoms with Crippen molar-refractivity contribution in [1.82, 2.24) is 20.5 Å². The van der Waals surface area contributed by atoms with E-state index in [0.717, 1.165) is 35.3 Å². The molecule has 0 aliphatic carbocycles. The van der Waals surface area contributed by atoms with Crippen LogP contribution in [-0.4, -0.2) is 121 Å². The van der Waals surface area contributed by atoms with E-state index in [1.165, 1.54) is 0 Å². The van der Waals surface area contributed by atoms with Gasteiger partial charge in [0.25, 0.3) is 5.91 Å². The van der Waals surface area contributed by atoms with E-state index in [9.17, 15) is 44.7 Å². The fraction of sp³-hybridized carbons (Fsp3) is 0.500. The largest absolute Gasteiger partial charge is 0.394 e. The molecule has 2 aromatic carbocycles. The normalized spacial score (nSPS) is 15.9. The molecule has 16 nitrogen and oxygen atoms in total. The fourth-order valence-electron chi connectivity index (χ4n) is 5.31. The number of fused-ring (bicyclic) bond motifs is 3. The molecule has 0 fully saturated rings. The second-order valence-corrected chi connectivity index (χ2v) is 11.5. The minimum atomic E-state index is -2.35. The average molecular weight is 675 g/mol. The SMILES string of the molecule is CCn1c2ccccc2c2cc(NC(=O)[C@H](CCCCN)NC(=O)CNC(=O)[C@@H](NC(=O)[C@H](O)[C@@H](O)[C@H](O)[C@H](O)CO)[C@@H](C)O)ccc21. The van der Waals surface area contributed by atoms with Crippen molar-refractivity contribution in [1.29, 1.82) is 0 Å². The molecule has 3 rings (SSSR count). The summed E-state index contributed by atoms with van der Waals surface area (Å²) in [6, 6.07) is 10.8. The Hall–Kier alpha value is -4.16. The van der Waals surface area contributed by atoms with Crippen LogP contribution in [0.15, 0.2) is 42.5 Å². The number of para-hydroxylation sites is 1. The zero-order chi connectivity index (χ0) is 35.5. The summed E-state index contributed by atoms with van der Waals surface area (Å²) in [4.78, 5) is 51.4. The van der Waals surface area contributed by atoms with Gasteiger partial charge in [0.05, 0.1) is 19.3 Å². The quantitative estimate of drug-likeness (QED) is 0.0644. The maximum absolute atomic E-state index is 13.4. The van der Waals surface area contributed by atoms with E-state index in [4.69, 9.17) is 10.8 Å². The Morgan fingerprint density at radius 1 is 0.854 bits per heavy atom. The van der Waals surface area contributed by atoms with Crippen molar-refractivity contribution in [2.24, 2.45) is 5.73 Å². The molecular formula is C32H46N6O10. The smallest absolute Gasteiger partial charge is 0.252 e. The molecule has 0 radical (unpaired) electrons. The summed E-state index contributed by atoms with van der Waals surface area (Å²) >= 11 is 0. The van der Waals surface area contributed by atoms with Crippen LogP contribution in [0.4, 0.5) is 5.69 Å². The van der Waals surface area contributed by atoms with E-state index < -0.39 is 79.4 Å². The Bertz CT molecular complexity index is 1560. The number of hydrogen-bond acceptors (Lipinski definition) is 11. The molecule has 7 atom stereocenters. The van der Waals surface area contributed by atoms with Crippen LogP contribution in [0.1, 0.15) is 33.1 Å². The first-order valence-electron chi connectivity index (χ1n) is 15.7. The van der Waals surface area contributed by atoms with E-state index in [1.54, 1.807) is 6.07 Å². The lowest BCUT2D eigenvalue weighted by Gasteiger charge is -2.27. The number of aromatic nitrogens is 1. The molecule has 264 valence electrons. The van der Waals surface area contributed by atoms with E-state index in [0.29, 0.717) is 25.1 Å². The first-order valence-corrected chi connectivity index (χ1v) is 15.7. The molecule has 0 spiro atoms. The lowest BCUT2D eigenvalue weighted by Crippen LogP contribution is -2.59. The van der Waals surface area contributed by atoms with Crippen LogP contribution < -0.4 is 27.0 Å². The van der Waals surface area contributed by atoms with Gasteiger partial charge in [-0.2, -0.15) is 0 Å². The highest BCUT2D eigenvalue weighted by Crippen LogP contribution is 2.31. The number of aliphatic hydroxyl groups excluding tert-OH is 6. The second-order valence-electron chi connectivity index (χ2n) is 11.5. The Labute approximate surface area is 276 Å². The fourth-order valence-corrected chi connectivity index (χ4v) is 5.31. The van der Waals surface area contributed by atoms with Gasteiger partial charge in [0.2, 0.25) is 17.7 Å². The van der Waals surface area contributed by atoms with Crippen molar-refractivity contribution < 1.29 is 49.8 Å². The summed E-state index contributed by atoms with van der Waals surface area (Å²) in [5, 5.41) is 69.8. The summed E-state index contributed by atoms with van der Waals surface area (Å²) in [6.45, 7) is 2.73. The first kappa shape index (κ1) is 38.3. The molecule has 1 heterocycles. The first-order chi connectivity index (χ1) is 22.8. The lowest BCUT2D eigenvalue weighted by atomic mass is 10.0. The zero-order valence-electron chi connectivity index (χ0n) is 26.9. The number of anilines is 1. The molecule has 48 heavy (non-hydrogen) atoms. The maximum Gasteiger partial charge on any atom is 0.252 e. The number of amides is 4. The molecule has 0 bridgehead atoms. The Kier molecular flexibility index (Phi) is 14.2. The van der Waals surface area contributed by atoms with Gasteiger partial charge < -0.3 is 62.2 Å². The van der Waals surface area contributed by atoms with Gasteiger partial charge in [-0.3, -0.25) is 19.2 Å². The van der Waals surface area contributed by atoms with Gasteiger partial charge in [-0.15, -0.1) is 0 Å². The second kappa shape index (κ2) is 17.8. The van der Waals surface area contributed by atoms with Crippen LogP contribution in [-0.2, 0) is 25.7 Å². The summed E-state index contributed by atoms with van der Waals surface area (Å²) in [5.74, 6) is -3.65. The molecule has 16 heteroatoms. The highest BCUT2D eigenvalue weighted by molar-refractivity contribution is 6.10. The highest BCUT2D eigenvalue weighted by Gasteiger charge is 2.36. The molecule has 0 aliphatic rings. The number of hydrogen-bond donors (Lipinski definition) is 11. The van der Waals surface area contributed by atoms with Crippen LogP contribution >= 0.6 is 0 Å². The van der Waals surface area contributed by atoms with Crippen LogP contribution in [0, 0.1) is 0 Å². The van der Waals surface area contributed by atoms with Crippen molar-refractivity contribution in [3.8, 4) is 0 Å². The molecule has 12 N–H and O–H groups in total. The minimum Gasteiger partial charge on any atom is -0.394 e. The van der Waals surface area contributed by atoms with E-state index in [2.05, 4.69) is 27.4 Å². The minimum absolute atomic E-state index is 0.253. The zero-order valence-corrected chi connectivity index (χ0v) is 26.9. The highest BCUT2D eigenvalue weighted by atomic mass is 16.4. The predicted octanol–water partition coefficient (Wildman–Crippen LogP) is -2.22. The van der Waals surface area contributed by atoms with Crippen molar-refractivity contribution >= 4 is 51.1 Å². The number of carbonyl (C=O) groups excluding carboxylic acids is 4. The number of rotatable bonds is 18. The molecule has 0 aliphatic heterocycles. The van der Waals surface area contributed by atoms with E-state index >= 15 is 0 Å². The van der Waals surface area contributed by atoms with Gasteiger partial charge in [0, 0.05) is 34.0 Å². The van der Waals surface area contributed by atoms with Crippen molar-refractivity contribution in [3.05, 3.63) is 42.5 Å². The summed E-state index contributed by atoms with van der Waals surface area (Å²) in [6.07, 6.45) is -8.70. The number of unbranched alkanes of at least 4 members (excludes halogenated alkanes) is 1. The Morgan fingerprint density at radius 2 is 1.54 bits per heavy atom. The van der Waals surface area contributed by atoms with Crippen LogP contribution in [0.3, 0.4) is 0 Å². The Morgan fingerprint density at radius 3 is 2.19 bits per heavy atom. The summed E-state index contributed by atoms with van der Waals surface area (Å²) in [5.41, 5.74) is 8.22. The molecule has 4 amide bonds. The number of aryl methyl sites for hydroxylation is 1. The molecule has 0 saturated carbocycles. The van der Waals surface area contributed by atoms with Gasteiger partial charge in [0.1, 0.15) is 30.4 Å². The number of aliphatic hydroxyl groups is 6. The molecule has 0 unspecified atom stereocenters. The maximum atomic E-state index is 13.4. The number of nitrogens with two attached hydrogens (primary N) is 1. The number of nitrogens with one attached hydrogen (secondary N) is 4. The third-order valence-corrected chi connectivity index (χ3v) is 7.96. The third-order valence-electron chi connectivity index (χ3n) is 7.96. The van der Waals surface area contributed by atoms with Crippen molar-refractivity contribution in [2.45, 2.75) is 82.3 Å². The lowest BCUT2D eigenvalue weighted by molar-refractivity contribution is -0.151. The van der Waals surface area contributed by atoms with Gasteiger partial charge in [-0.05, 0) is 63.9 Å². The summed E-state index contributed by atoms with van der Waals surface area (Å²) in [7, 11) is 0. The van der Waals surface area contributed by atoms with Crippen LogP contribution in [0.5, 0.6) is 0 Å².